The number of hydrogen-bond donors (Lipinski definition) is 1. The third-order valence-electron chi connectivity index (χ3n) is 6.41. The molecule has 1 aliphatic carbocycles. The first kappa shape index (κ1) is 24.0. The van der Waals surface area contributed by atoms with Crippen molar-refractivity contribution in [2.75, 3.05) is 13.1 Å². The Bertz CT molecular complexity index is 1190. The molecule has 0 saturated heterocycles. The molecule has 0 unspecified atom stereocenters. The Labute approximate surface area is 204 Å². The molecule has 1 saturated carbocycles. The first-order valence-electron chi connectivity index (χ1n) is 12.0. The van der Waals surface area contributed by atoms with Gasteiger partial charge < -0.3 is 4.90 Å². The smallest absolute Gasteiger partial charge is 0.282 e. The number of Topliss-reactive ketones (excluding diaryl/α,β-unsaturated/α-hetero) is 1. The molecule has 1 aliphatic rings. The monoisotopic (exact) mass is 479 g/mol. The second-order valence-corrected chi connectivity index (χ2v) is 9.30. The topological polar surface area (TPSA) is 75.2 Å². The predicted octanol–water partition coefficient (Wildman–Crippen LogP) is 5.49. The van der Waals surface area contributed by atoms with E-state index < -0.39 is 5.56 Å². The van der Waals surface area contributed by atoms with Crippen LogP contribution in [0.15, 0.2) is 59.4 Å². The number of carbonyl (C=O) groups is 2. The summed E-state index contributed by atoms with van der Waals surface area (Å²) >= 11 is 6.01. The quantitative estimate of drug-likeness (QED) is 0.434. The summed E-state index contributed by atoms with van der Waals surface area (Å²) in [6, 6.07) is 16.1. The largest absolute Gasteiger partial charge is 0.335 e. The lowest BCUT2D eigenvalue weighted by molar-refractivity contribution is -0.136. The van der Waals surface area contributed by atoms with E-state index in [1.807, 2.05) is 37.3 Å². The second-order valence-electron chi connectivity index (χ2n) is 8.86. The highest BCUT2D eigenvalue weighted by Gasteiger charge is 2.30. The fraction of sp³-hybridized carbons (Fsp3) is 0.370. The van der Waals surface area contributed by atoms with Crippen molar-refractivity contribution < 1.29 is 9.59 Å². The number of benzene rings is 2. The molecular formula is C27H30ClN3O3. The number of nitrogens with one attached hydrogen (secondary N) is 1. The normalized spacial score (nSPS) is 14.2. The molecule has 0 atom stereocenters. The van der Waals surface area contributed by atoms with Gasteiger partial charge in [-0.25, -0.2) is 4.68 Å². The third-order valence-corrected chi connectivity index (χ3v) is 6.66. The van der Waals surface area contributed by atoms with E-state index in [9.17, 15) is 14.4 Å². The van der Waals surface area contributed by atoms with Crippen molar-refractivity contribution in [1.29, 1.82) is 0 Å². The second kappa shape index (κ2) is 10.9. The minimum atomic E-state index is -0.437. The Morgan fingerprint density at radius 1 is 1.03 bits per heavy atom. The van der Waals surface area contributed by atoms with Gasteiger partial charge >= 0.3 is 0 Å². The molecule has 2 aromatic carbocycles. The molecule has 178 valence electrons. The van der Waals surface area contributed by atoms with Crippen molar-refractivity contribution >= 4 is 23.3 Å². The number of ketones is 1. The summed E-state index contributed by atoms with van der Waals surface area (Å²) in [5.74, 6) is -0.353. The summed E-state index contributed by atoms with van der Waals surface area (Å²) in [4.78, 5) is 41.9. The van der Waals surface area contributed by atoms with Gasteiger partial charge in [0.2, 0.25) is 5.91 Å². The number of aromatic amines is 1. The standard InChI is InChI=1S/C27H30ClN3O3/c1-2-17-30(26(33)20-11-7-4-8-12-20)18-23(32)24-25(19-9-5-3-6-10-19)29-31(27(24)34)22-15-13-21(28)14-16-22/h3,5-6,9-10,13-16,20,29H,2,4,7-8,11-12,17-18H2,1H3. The van der Waals surface area contributed by atoms with Crippen molar-refractivity contribution in [1.82, 2.24) is 14.7 Å². The van der Waals surface area contributed by atoms with Gasteiger partial charge in [-0.3, -0.25) is 19.5 Å². The Morgan fingerprint density at radius 2 is 1.71 bits per heavy atom. The number of nitrogens with zero attached hydrogens (tertiary/aromatic N) is 2. The van der Waals surface area contributed by atoms with Crippen LogP contribution in [0.1, 0.15) is 55.8 Å². The average molecular weight is 480 g/mol. The molecule has 1 heterocycles. The number of amides is 1. The van der Waals surface area contributed by atoms with Crippen molar-refractivity contribution in [3.63, 3.8) is 0 Å². The van der Waals surface area contributed by atoms with Gasteiger partial charge in [-0.15, -0.1) is 0 Å². The number of H-pyrrole nitrogens is 1. The fourth-order valence-electron chi connectivity index (χ4n) is 4.68. The zero-order valence-electron chi connectivity index (χ0n) is 19.4. The highest BCUT2D eigenvalue weighted by molar-refractivity contribution is 6.30. The van der Waals surface area contributed by atoms with Crippen LogP contribution < -0.4 is 5.56 Å². The van der Waals surface area contributed by atoms with Gasteiger partial charge in [0.1, 0.15) is 5.56 Å². The summed E-state index contributed by atoms with van der Waals surface area (Å²) in [6.07, 6.45) is 5.74. The molecule has 0 radical (unpaired) electrons. The summed E-state index contributed by atoms with van der Waals surface area (Å²) < 4.78 is 1.36. The van der Waals surface area contributed by atoms with Gasteiger partial charge in [0, 0.05) is 23.0 Å². The molecule has 6 nitrogen and oxygen atoms in total. The van der Waals surface area contributed by atoms with Crippen LogP contribution in [-0.2, 0) is 4.79 Å². The van der Waals surface area contributed by atoms with Crippen molar-refractivity contribution in [2.45, 2.75) is 45.4 Å². The zero-order valence-corrected chi connectivity index (χ0v) is 20.2. The van der Waals surface area contributed by atoms with Crippen LogP contribution in [-0.4, -0.2) is 39.5 Å². The number of halogens is 1. The van der Waals surface area contributed by atoms with Crippen LogP contribution in [0.4, 0.5) is 0 Å². The van der Waals surface area contributed by atoms with Gasteiger partial charge in [0.25, 0.3) is 5.56 Å². The number of hydrogen-bond acceptors (Lipinski definition) is 3. The number of aromatic nitrogens is 2. The molecule has 3 aromatic rings. The summed E-state index contributed by atoms with van der Waals surface area (Å²) in [5.41, 5.74) is 1.39. The number of rotatable bonds is 8. The lowest BCUT2D eigenvalue weighted by atomic mass is 9.88. The van der Waals surface area contributed by atoms with Gasteiger partial charge in [0.05, 0.1) is 17.9 Å². The van der Waals surface area contributed by atoms with E-state index in [1.54, 1.807) is 29.2 Å². The molecule has 7 heteroatoms. The molecule has 4 rings (SSSR count). The lowest BCUT2D eigenvalue weighted by Crippen LogP contribution is -2.41. The molecule has 1 aromatic heterocycles. The van der Waals surface area contributed by atoms with Gasteiger partial charge in [0.15, 0.2) is 5.78 Å². The van der Waals surface area contributed by atoms with Crippen LogP contribution in [0.25, 0.3) is 16.9 Å². The first-order chi connectivity index (χ1) is 16.5. The SMILES string of the molecule is CCCN(CC(=O)c1c(-c2ccccc2)[nH]n(-c2ccc(Cl)cc2)c1=O)C(=O)C1CCCCC1. The first-order valence-corrected chi connectivity index (χ1v) is 12.4. The minimum absolute atomic E-state index is 0.0290. The van der Waals surface area contributed by atoms with Crippen LogP contribution in [0.5, 0.6) is 0 Å². The van der Waals surface area contributed by atoms with Crippen molar-refractivity contribution in [3.8, 4) is 16.9 Å². The average Bonchev–Trinajstić information content (AvgIpc) is 3.22. The summed E-state index contributed by atoms with van der Waals surface area (Å²) in [6.45, 7) is 2.39. The van der Waals surface area contributed by atoms with Crippen LogP contribution in [0.3, 0.4) is 0 Å². The van der Waals surface area contributed by atoms with E-state index in [2.05, 4.69) is 5.10 Å². The fourth-order valence-corrected chi connectivity index (χ4v) is 4.80. The lowest BCUT2D eigenvalue weighted by Gasteiger charge is -2.28. The van der Waals surface area contributed by atoms with E-state index in [0.717, 1.165) is 44.1 Å². The van der Waals surface area contributed by atoms with Crippen LogP contribution in [0, 0.1) is 5.92 Å². The molecule has 34 heavy (non-hydrogen) atoms. The molecule has 1 amide bonds. The minimum Gasteiger partial charge on any atom is -0.335 e. The van der Waals surface area contributed by atoms with E-state index in [0.29, 0.717) is 22.9 Å². The van der Waals surface area contributed by atoms with E-state index >= 15 is 0 Å². The van der Waals surface area contributed by atoms with Gasteiger partial charge in [-0.2, -0.15) is 0 Å². The van der Waals surface area contributed by atoms with Crippen LogP contribution >= 0.6 is 11.6 Å². The zero-order chi connectivity index (χ0) is 24.1. The molecule has 1 N–H and O–H groups in total. The maximum Gasteiger partial charge on any atom is 0.282 e. The molecule has 0 spiro atoms. The van der Waals surface area contributed by atoms with E-state index in [1.165, 1.54) is 4.68 Å². The summed E-state index contributed by atoms with van der Waals surface area (Å²) in [7, 11) is 0. The van der Waals surface area contributed by atoms with Crippen molar-refractivity contribution in [3.05, 3.63) is 75.5 Å². The maximum atomic E-state index is 13.6. The predicted molar refractivity (Wildman–Crippen MR) is 135 cm³/mol. The highest BCUT2D eigenvalue weighted by Crippen LogP contribution is 2.26. The Balaban J connectivity index is 1.71. The highest BCUT2D eigenvalue weighted by atomic mass is 35.5. The molecule has 0 aliphatic heterocycles. The van der Waals surface area contributed by atoms with Gasteiger partial charge in [-0.1, -0.05) is 68.1 Å². The maximum absolute atomic E-state index is 13.6. The van der Waals surface area contributed by atoms with Crippen molar-refractivity contribution in [2.24, 2.45) is 5.92 Å². The Morgan fingerprint density at radius 3 is 2.35 bits per heavy atom. The molecule has 1 fully saturated rings. The van der Waals surface area contributed by atoms with E-state index in [4.69, 9.17) is 11.6 Å². The van der Waals surface area contributed by atoms with E-state index in [-0.39, 0.29) is 29.7 Å². The van der Waals surface area contributed by atoms with Crippen LogP contribution in [0.2, 0.25) is 5.02 Å². The molecule has 0 bridgehead atoms. The molecular weight excluding hydrogens is 450 g/mol. The third kappa shape index (κ3) is 5.17. The van der Waals surface area contributed by atoms with Gasteiger partial charge in [-0.05, 0) is 43.5 Å². The Hall–Kier alpha value is -3.12. The Kier molecular flexibility index (Phi) is 7.68. The summed E-state index contributed by atoms with van der Waals surface area (Å²) in [5, 5.41) is 3.67. The number of carbonyl (C=O) groups excluding carboxylic acids is 2.